The number of halogens is 2. The van der Waals surface area contributed by atoms with Crippen LogP contribution in [-0.4, -0.2) is 11.5 Å². The largest absolute Gasteiger partial charge is 0.310 e. The minimum atomic E-state index is 0.165. The lowest BCUT2D eigenvalue weighted by atomic mass is 9.89. The van der Waals surface area contributed by atoms with E-state index in [4.69, 9.17) is 23.2 Å². The van der Waals surface area contributed by atoms with E-state index in [2.05, 4.69) is 24.1 Å². The van der Waals surface area contributed by atoms with Crippen LogP contribution in [0.3, 0.4) is 0 Å². The smallest absolute Gasteiger partial charge is 0.0424 e. The summed E-state index contributed by atoms with van der Waals surface area (Å²) in [6.45, 7) is 5.17. The van der Waals surface area contributed by atoms with Crippen LogP contribution in [0.25, 0.3) is 0 Å². The first-order valence-corrected chi connectivity index (χ1v) is 7.46. The number of nitrogens with zero attached hydrogens (tertiary/aromatic N) is 1. The molecule has 2 nitrogen and oxygen atoms in total. The molecule has 0 aliphatic carbocycles. The number of hydrogen-bond donors (Lipinski definition) is 1. The molecule has 0 amide bonds. The van der Waals surface area contributed by atoms with Crippen LogP contribution in [0.1, 0.15) is 36.9 Å². The summed E-state index contributed by atoms with van der Waals surface area (Å²) in [5, 5.41) is 4.84. The van der Waals surface area contributed by atoms with Crippen molar-refractivity contribution < 1.29 is 0 Å². The van der Waals surface area contributed by atoms with Crippen LogP contribution in [0, 0.1) is 0 Å². The first kappa shape index (κ1) is 15.3. The van der Waals surface area contributed by atoms with Crippen molar-refractivity contribution in [3.63, 3.8) is 0 Å². The van der Waals surface area contributed by atoms with Crippen molar-refractivity contribution in [2.75, 3.05) is 6.54 Å². The van der Waals surface area contributed by atoms with Gasteiger partial charge in [-0.1, -0.05) is 37.0 Å². The SMILES string of the molecule is CCNC(c1cc(Cl)cc(Cl)c1)C(C)c1ccncc1. The molecule has 0 spiro atoms. The molecule has 20 heavy (non-hydrogen) atoms. The Morgan fingerprint density at radius 2 is 1.65 bits per heavy atom. The van der Waals surface area contributed by atoms with Gasteiger partial charge in [-0.15, -0.1) is 0 Å². The van der Waals surface area contributed by atoms with Crippen LogP contribution in [0.2, 0.25) is 10.0 Å². The fraction of sp³-hybridized carbons (Fsp3) is 0.312. The molecular formula is C16H18Cl2N2. The van der Waals surface area contributed by atoms with E-state index >= 15 is 0 Å². The second kappa shape index (κ2) is 7.07. The zero-order valence-corrected chi connectivity index (χ0v) is 13.1. The van der Waals surface area contributed by atoms with Crippen molar-refractivity contribution in [1.82, 2.24) is 10.3 Å². The summed E-state index contributed by atoms with van der Waals surface area (Å²) in [7, 11) is 0. The van der Waals surface area contributed by atoms with E-state index in [0.717, 1.165) is 12.1 Å². The van der Waals surface area contributed by atoms with Gasteiger partial charge in [-0.25, -0.2) is 0 Å². The molecule has 4 heteroatoms. The summed E-state index contributed by atoms with van der Waals surface area (Å²) in [6, 6.07) is 9.95. The van der Waals surface area contributed by atoms with Gasteiger partial charge >= 0.3 is 0 Å². The average molecular weight is 309 g/mol. The highest BCUT2D eigenvalue weighted by Gasteiger charge is 2.20. The number of likely N-dealkylation sites (N-methyl/N-ethyl adjacent to an activating group) is 1. The van der Waals surface area contributed by atoms with E-state index in [0.29, 0.717) is 16.0 Å². The molecular weight excluding hydrogens is 291 g/mol. The van der Waals surface area contributed by atoms with Crippen LogP contribution < -0.4 is 5.32 Å². The molecule has 0 saturated carbocycles. The van der Waals surface area contributed by atoms with Gasteiger partial charge in [-0.2, -0.15) is 0 Å². The van der Waals surface area contributed by atoms with Crippen molar-refractivity contribution >= 4 is 23.2 Å². The highest BCUT2D eigenvalue weighted by Crippen LogP contribution is 2.33. The molecule has 1 aromatic carbocycles. The standard InChI is InChI=1S/C16H18Cl2N2/c1-3-20-16(11(2)12-4-6-19-7-5-12)13-8-14(17)10-15(18)9-13/h4-11,16,20H,3H2,1-2H3. The molecule has 2 unspecified atom stereocenters. The van der Waals surface area contributed by atoms with Gasteiger partial charge < -0.3 is 5.32 Å². The van der Waals surface area contributed by atoms with Crippen molar-refractivity contribution in [2.45, 2.75) is 25.8 Å². The Morgan fingerprint density at radius 1 is 1.05 bits per heavy atom. The number of nitrogens with one attached hydrogen (secondary N) is 1. The minimum Gasteiger partial charge on any atom is -0.310 e. The Bertz CT molecular complexity index is 537. The Balaban J connectivity index is 2.35. The quantitative estimate of drug-likeness (QED) is 0.854. The molecule has 0 aliphatic rings. The van der Waals surface area contributed by atoms with Gasteiger partial charge in [0.25, 0.3) is 0 Å². The maximum atomic E-state index is 6.12. The molecule has 1 N–H and O–H groups in total. The molecule has 2 aromatic rings. The summed E-state index contributed by atoms with van der Waals surface area (Å²) in [6.07, 6.45) is 3.64. The van der Waals surface area contributed by atoms with Crippen LogP contribution in [0.15, 0.2) is 42.7 Å². The summed E-state index contributed by atoms with van der Waals surface area (Å²) in [5.74, 6) is 0.299. The van der Waals surface area contributed by atoms with Crippen LogP contribution in [-0.2, 0) is 0 Å². The number of benzene rings is 1. The number of rotatable bonds is 5. The summed E-state index contributed by atoms with van der Waals surface area (Å²) < 4.78 is 0. The van der Waals surface area contributed by atoms with Crippen molar-refractivity contribution in [2.24, 2.45) is 0 Å². The van der Waals surface area contributed by atoms with Gasteiger partial charge in [0.2, 0.25) is 0 Å². The fourth-order valence-electron chi connectivity index (χ4n) is 2.42. The lowest BCUT2D eigenvalue weighted by Gasteiger charge is -2.26. The number of aromatic nitrogens is 1. The molecule has 106 valence electrons. The maximum Gasteiger partial charge on any atom is 0.0424 e. The highest BCUT2D eigenvalue weighted by molar-refractivity contribution is 6.34. The molecule has 0 aliphatic heterocycles. The van der Waals surface area contributed by atoms with Crippen LogP contribution in [0.4, 0.5) is 0 Å². The van der Waals surface area contributed by atoms with E-state index in [-0.39, 0.29) is 6.04 Å². The van der Waals surface area contributed by atoms with E-state index in [1.807, 2.05) is 36.7 Å². The van der Waals surface area contributed by atoms with E-state index in [9.17, 15) is 0 Å². The number of pyridine rings is 1. The maximum absolute atomic E-state index is 6.12. The topological polar surface area (TPSA) is 24.9 Å². The second-order valence-corrected chi connectivity index (χ2v) is 5.68. The number of hydrogen-bond acceptors (Lipinski definition) is 2. The van der Waals surface area contributed by atoms with Gasteiger partial charge in [-0.3, -0.25) is 4.98 Å². The van der Waals surface area contributed by atoms with Crippen molar-refractivity contribution in [3.8, 4) is 0 Å². The van der Waals surface area contributed by atoms with E-state index < -0.39 is 0 Å². The monoisotopic (exact) mass is 308 g/mol. The van der Waals surface area contributed by atoms with Gasteiger partial charge in [-0.05, 0) is 48.0 Å². The molecule has 2 atom stereocenters. The zero-order chi connectivity index (χ0) is 14.5. The van der Waals surface area contributed by atoms with E-state index in [1.165, 1.54) is 5.56 Å². The first-order chi connectivity index (χ1) is 9.61. The predicted octanol–water partition coefficient (Wildman–Crippen LogP) is 4.84. The molecule has 0 saturated heterocycles. The van der Waals surface area contributed by atoms with Gasteiger partial charge in [0.15, 0.2) is 0 Å². The molecule has 1 heterocycles. The van der Waals surface area contributed by atoms with Crippen molar-refractivity contribution in [1.29, 1.82) is 0 Å². The summed E-state index contributed by atoms with van der Waals surface area (Å²) in [4.78, 5) is 4.07. The highest BCUT2D eigenvalue weighted by atomic mass is 35.5. The third-order valence-electron chi connectivity index (χ3n) is 3.40. The molecule has 1 aromatic heterocycles. The lowest BCUT2D eigenvalue weighted by molar-refractivity contribution is 0.479. The van der Waals surface area contributed by atoms with E-state index in [1.54, 1.807) is 6.07 Å². The molecule has 0 bridgehead atoms. The Hall–Kier alpha value is -1.09. The van der Waals surface area contributed by atoms with Crippen LogP contribution in [0.5, 0.6) is 0 Å². The fourth-order valence-corrected chi connectivity index (χ4v) is 2.96. The van der Waals surface area contributed by atoms with Gasteiger partial charge in [0.05, 0.1) is 0 Å². The molecule has 2 rings (SSSR count). The van der Waals surface area contributed by atoms with Gasteiger partial charge in [0, 0.05) is 34.4 Å². The normalized spacial score (nSPS) is 14.0. The lowest BCUT2D eigenvalue weighted by Crippen LogP contribution is -2.25. The third kappa shape index (κ3) is 3.72. The van der Waals surface area contributed by atoms with Crippen LogP contribution >= 0.6 is 23.2 Å². The zero-order valence-electron chi connectivity index (χ0n) is 11.6. The Morgan fingerprint density at radius 3 is 2.20 bits per heavy atom. The Kier molecular flexibility index (Phi) is 5.41. The molecule has 0 radical (unpaired) electrons. The summed E-state index contributed by atoms with van der Waals surface area (Å²) >= 11 is 12.2. The Labute approximate surface area is 130 Å². The first-order valence-electron chi connectivity index (χ1n) is 6.71. The summed E-state index contributed by atoms with van der Waals surface area (Å²) in [5.41, 5.74) is 2.34. The predicted molar refractivity (Wildman–Crippen MR) is 85.5 cm³/mol. The second-order valence-electron chi connectivity index (χ2n) is 4.81. The van der Waals surface area contributed by atoms with Gasteiger partial charge in [0.1, 0.15) is 0 Å². The molecule has 0 fully saturated rings. The minimum absolute atomic E-state index is 0.165. The third-order valence-corrected chi connectivity index (χ3v) is 3.84. The average Bonchev–Trinajstić information content (AvgIpc) is 2.44. The van der Waals surface area contributed by atoms with Crippen molar-refractivity contribution in [3.05, 3.63) is 63.9 Å².